The van der Waals surface area contributed by atoms with Crippen LogP contribution in [0.4, 0.5) is 0 Å². The van der Waals surface area contributed by atoms with Gasteiger partial charge >= 0.3 is 0 Å². The number of rotatable bonds is 1. The highest BCUT2D eigenvalue weighted by atomic mass is 35.5. The van der Waals surface area contributed by atoms with Crippen molar-refractivity contribution >= 4 is 23.4 Å². The summed E-state index contributed by atoms with van der Waals surface area (Å²) in [5.41, 5.74) is 2.69. The monoisotopic (exact) mass is 275 g/mol. The van der Waals surface area contributed by atoms with Crippen LogP contribution < -0.4 is 5.32 Å². The van der Waals surface area contributed by atoms with Crippen LogP contribution in [0.2, 0.25) is 5.02 Å². The Balaban J connectivity index is 2.13. The average molecular weight is 276 g/mol. The van der Waals surface area contributed by atoms with Gasteiger partial charge in [-0.3, -0.25) is 0 Å². The van der Waals surface area contributed by atoms with Crippen molar-refractivity contribution < 1.29 is 0 Å². The Morgan fingerprint density at radius 1 is 1.17 bits per heavy atom. The van der Waals surface area contributed by atoms with Gasteiger partial charge in [0.25, 0.3) is 0 Å². The third-order valence-electron chi connectivity index (χ3n) is 3.31. The lowest BCUT2D eigenvalue weighted by Crippen LogP contribution is -2.18. The van der Waals surface area contributed by atoms with E-state index in [-0.39, 0.29) is 0 Å². The SMILES string of the molecule is CN[C@H]1Cc2cc(Cl)ccc2Sc2ccccc21. The number of likely N-dealkylation sites (N-methyl/N-ethyl adjacent to an activating group) is 1. The molecule has 0 spiro atoms. The van der Waals surface area contributed by atoms with E-state index in [0.29, 0.717) is 6.04 Å². The van der Waals surface area contributed by atoms with Crippen LogP contribution in [0.15, 0.2) is 52.3 Å². The molecule has 1 atom stereocenters. The van der Waals surface area contributed by atoms with Gasteiger partial charge in [-0.2, -0.15) is 0 Å². The number of fused-ring (bicyclic) bond motifs is 2. The summed E-state index contributed by atoms with van der Waals surface area (Å²) in [5.74, 6) is 0. The van der Waals surface area contributed by atoms with E-state index >= 15 is 0 Å². The Hall–Kier alpha value is -0.960. The Morgan fingerprint density at radius 3 is 2.83 bits per heavy atom. The predicted molar refractivity (Wildman–Crippen MR) is 77.5 cm³/mol. The molecule has 3 rings (SSSR count). The van der Waals surface area contributed by atoms with Crippen molar-refractivity contribution in [3.8, 4) is 0 Å². The first-order valence-corrected chi connectivity index (χ1v) is 7.20. The molecule has 92 valence electrons. The Morgan fingerprint density at radius 2 is 2.00 bits per heavy atom. The van der Waals surface area contributed by atoms with Crippen molar-refractivity contribution in [2.45, 2.75) is 22.3 Å². The standard InChI is InChI=1S/C15H14ClNS/c1-17-13-9-10-8-11(16)6-7-14(10)18-15-5-3-2-4-12(13)15/h2-8,13,17H,9H2,1H3/t13-/m0/s1. The summed E-state index contributed by atoms with van der Waals surface area (Å²) < 4.78 is 0. The fourth-order valence-electron chi connectivity index (χ4n) is 2.37. The number of benzene rings is 2. The molecule has 0 radical (unpaired) electrons. The zero-order valence-electron chi connectivity index (χ0n) is 10.1. The molecule has 0 fully saturated rings. The van der Waals surface area contributed by atoms with Crippen molar-refractivity contribution in [1.82, 2.24) is 5.32 Å². The van der Waals surface area contributed by atoms with Crippen LogP contribution in [0.25, 0.3) is 0 Å². The van der Waals surface area contributed by atoms with Crippen LogP contribution in [0.1, 0.15) is 17.2 Å². The molecule has 1 nitrogen and oxygen atoms in total. The molecule has 0 saturated carbocycles. The van der Waals surface area contributed by atoms with E-state index in [1.165, 1.54) is 20.9 Å². The van der Waals surface area contributed by atoms with Crippen LogP contribution in [0.5, 0.6) is 0 Å². The van der Waals surface area contributed by atoms with Gasteiger partial charge in [-0.15, -0.1) is 0 Å². The molecular weight excluding hydrogens is 262 g/mol. The normalized spacial score (nSPS) is 17.8. The Bertz CT molecular complexity index is 582. The summed E-state index contributed by atoms with van der Waals surface area (Å²) in [5, 5.41) is 4.22. The lowest BCUT2D eigenvalue weighted by atomic mass is 9.99. The molecule has 0 amide bonds. The molecule has 3 heteroatoms. The van der Waals surface area contributed by atoms with Gasteiger partial charge in [-0.25, -0.2) is 0 Å². The van der Waals surface area contributed by atoms with E-state index in [9.17, 15) is 0 Å². The van der Waals surface area contributed by atoms with Gasteiger partial charge in [0, 0.05) is 20.9 Å². The van der Waals surface area contributed by atoms with E-state index in [2.05, 4.69) is 41.7 Å². The molecule has 0 aromatic heterocycles. The van der Waals surface area contributed by atoms with Gasteiger partial charge in [0.2, 0.25) is 0 Å². The van der Waals surface area contributed by atoms with Crippen LogP contribution in [0.3, 0.4) is 0 Å². The first kappa shape index (κ1) is 12.1. The number of nitrogens with one attached hydrogen (secondary N) is 1. The maximum absolute atomic E-state index is 6.10. The molecule has 2 aromatic carbocycles. The quantitative estimate of drug-likeness (QED) is 0.832. The minimum atomic E-state index is 0.355. The minimum absolute atomic E-state index is 0.355. The van der Waals surface area contributed by atoms with Crippen molar-refractivity contribution in [3.05, 3.63) is 58.6 Å². The second kappa shape index (κ2) is 4.96. The van der Waals surface area contributed by atoms with Gasteiger partial charge in [-0.1, -0.05) is 41.6 Å². The predicted octanol–water partition coefficient (Wildman–Crippen LogP) is 4.31. The van der Waals surface area contributed by atoms with Gasteiger partial charge in [-0.05, 0) is 48.9 Å². The fraction of sp³-hybridized carbons (Fsp3) is 0.200. The molecule has 0 bridgehead atoms. The summed E-state index contributed by atoms with van der Waals surface area (Å²) >= 11 is 7.93. The lowest BCUT2D eigenvalue weighted by molar-refractivity contribution is 0.582. The second-order valence-electron chi connectivity index (χ2n) is 4.44. The number of halogens is 1. The lowest BCUT2D eigenvalue weighted by Gasteiger charge is -2.16. The Labute approximate surface area is 117 Å². The zero-order chi connectivity index (χ0) is 12.5. The summed E-state index contributed by atoms with van der Waals surface area (Å²) in [6, 6.07) is 15.1. The van der Waals surface area contributed by atoms with Crippen molar-refractivity contribution in [2.75, 3.05) is 7.05 Å². The van der Waals surface area contributed by atoms with Gasteiger partial charge in [0.15, 0.2) is 0 Å². The largest absolute Gasteiger partial charge is 0.313 e. The van der Waals surface area contributed by atoms with E-state index in [1.54, 1.807) is 0 Å². The number of hydrogen-bond acceptors (Lipinski definition) is 2. The summed E-state index contributed by atoms with van der Waals surface area (Å²) in [4.78, 5) is 2.64. The maximum Gasteiger partial charge on any atom is 0.0409 e. The van der Waals surface area contributed by atoms with Crippen molar-refractivity contribution in [3.63, 3.8) is 0 Å². The third kappa shape index (κ3) is 2.16. The fourth-order valence-corrected chi connectivity index (χ4v) is 3.69. The van der Waals surface area contributed by atoms with Gasteiger partial charge in [0.1, 0.15) is 0 Å². The molecule has 0 aliphatic carbocycles. The Kier molecular flexibility index (Phi) is 3.33. The van der Waals surface area contributed by atoms with E-state index < -0.39 is 0 Å². The van der Waals surface area contributed by atoms with Crippen LogP contribution in [-0.4, -0.2) is 7.05 Å². The van der Waals surface area contributed by atoms with Crippen LogP contribution >= 0.6 is 23.4 Å². The first-order valence-electron chi connectivity index (χ1n) is 6.00. The summed E-state index contributed by atoms with van der Waals surface area (Å²) in [6.45, 7) is 0. The average Bonchev–Trinajstić information content (AvgIpc) is 2.54. The molecule has 0 saturated heterocycles. The smallest absolute Gasteiger partial charge is 0.0409 e. The molecular formula is C15H14ClNS. The highest BCUT2D eigenvalue weighted by Crippen LogP contribution is 2.41. The van der Waals surface area contributed by atoms with Crippen molar-refractivity contribution in [1.29, 1.82) is 0 Å². The minimum Gasteiger partial charge on any atom is -0.313 e. The van der Waals surface area contributed by atoms with Gasteiger partial charge < -0.3 is 5.32 Å². The maximum atomic E-state index is 6.10. The van der Waals surface area contributed by atoms with Gasteiger partial charge in [0.05, 0.1) is 0 Å². The molecule has 1 aliphatic heterocycles. The molecule has 1 N–H and O–H groups in total. The highest BCUT2D eigenvalue weighted by molar-refractivity contribution is 7.99. The molecule has 2 aromatic rings. The number of hydrogen-bond donors (Lipinski definition) is 1. The highest BCUT2D eigenvalue weighted by Gasteiger charge is 2.21. The van der Waals surface area contributed by atoms with Crippen LogP contribution in [0, 0.1) is 0 Å². The molecule has 0 unspecified atom stereocenters. The van der Waals surface area contributed by atoms with E-state index in [0.717, 1.165) is 11.4 Å². The van der Waals surface area contributed by atoms with E-state index in [4.69, 9.17) is 11.6 Å². The molecule has 18 heavy (non-hydrogen) atoms. The molecule has 1 aliphatic rings. The zero-order valence-corrected chi connectivity index (χ0v) is 11.7. The first-order chi connectivity index (χ1) is 8.78. The second-order valence-corrected chi connectivity index (χ2v) is 5.96. The van der Waals surface area contributed by atoms with Crippen LogP contribution in [-0.2, 0) is 6.42 Å². The summed E-state index contributed by atoms with van der Waals surface area (Å²) in [6.07, 6.45) is 0.983. The van der Waals surface area contributed by atoms with Crippen molar-refractivity contribution in [2.24, 2.45) is 0 Å². The third-order valence-corrected chi connectivity index (χ3v) is 4.75. The van der Waals surface area contributed by atoms with E-state index in [1.807, 2.05) is 24.9 Å². The summed E-state index contributed by atoms with van der Waals surface area (Å²) in [7, 11) is 2.02. The molecule has 1 heterocycles. The topological polar surface area (TPSA) is 12.0 Å².